The first-order chi connectivity index (χ1) is 6.74. The molecule has 1 nitrogen and oxygen atoms in total. The molecule has 0 atom stereocenters. The molecule has 0 aromatic heterocycles. The number of nitrogens with two attached hydrogens (primary N) is 1. The van der Waals surface area contributed by atoms with Gasteiger partial charge in [-0.25, -0.2) is 0 Å². The van der Waals surface area contributed by atoms with E-state index in [4.69, 9.17) is 5.73 Å². The minimum atomic E-state index is -1.38. The van der Waals surface area contributed by atoms with Crippen LogP contribution >= 0.6 is 0 Å². The van der Waals surface area contributed by atoms with E-state index < -0.39 is 8.07 Å². The molecule has 0 bridgehead atoms. The lowest BCUT2D eigenvalue weighted by Crippen LogP contribution is -2.34. The monoisotopic (exact) mass is 208 g/mol. The van der Waals surface area contributed by atoms with Crippen molar-refractivity contribution in [2.24, 2.45) is 5.73 Å². The summed E-state index contributed by atoms with van der Waals surface area (Å²) in [6, 6.07) is 5.74. The van der Waals surface area contributed by atoms with E-state index in [9.17, 15) is 0 Å². The standard InChI is InChI=1S/C12H22NSi/c1-4-9-14(10-5-2,11-6-3)12-7-8-13/h4-6,12H,1-3,7-11,13H2. The van der Waals surface area contributed by atoms with Crippen molar-refractivity contribution >= 4 is 8.07 Å². The van der Waals surface area contributed by atoms with E-state index in [1.54, 1.807) is 0 Å². The normalized spacial score (nSPS) is 10.9. The Kier molecular flexibility index (Phi) is 7.43. The van der Waals surface area contributed by atoms with Crippen molar-refractivity contribution < 1.29 is 0 Å². The molecule has 79 valence electrons. The van der Waals surface area contributed by atoms with Crippen LogP contribution in [0, 0.1) is 6.04 Å². The van der Waals surface area contributed by atoms with Crippen molar-refractivity contribution in [2.45, 2.75) is 24.6 Å². The number of hydrogen-bond acceptors (Lipinski definition) is 1. The van der Waals surface area contributed by atoms with Gasteiger partial charge in [0.05, 0.1) is 8.07 Å². The molecule has 0 fully saturated rings. The largest absolute Gasteiger partial charge is 0.330 e. The summed E-state index contributed by atoms with van der Waals surface area (Å²) in [5.41, 5.74) is 5.54. The van der Waals surface area contributed by atoms with Gasteiger partial charge in [-0.2, -0.15) is 0 Å². The molecule has 0 aliphatic rings. The summed E-state index contributed by atoms with van der Waals surface area (Å²) >= 11 is 0. The lowest BCUT2D eigenvalue weighted by atomic mass is 10.5. The maximum atomic E-state index is 5.54. The average molecular weight is 208 g/mol. The molecule has 0 saturated carbocycles. The van der Waals surface area contributed by atoms with Crippen molar-refractivity contribution in [3.05, 3.63) is 44.0 Å². The van der Waals surface area contributed by atoms with Gasteiger partial charge in [0.25, 0.3) is 0 Å². The Labute approximate surface area is 89.4 Å². The van der Waals surface area contributed by atoms with Crippen LogP contribution in [0.15, 0.2) is 38.0 Å². The summed E-state index contributed by atoms with van der Waals surface area (Å²) in [7, 11) is -1.38. The molecular weight excluding hydrogens is 186 g/mol. The lowest BCUT2D eigenvalue weighted by Gasteiger charge is -2.28. The van der Waals surface area contributed by atoms with E-state index in [0.717, 1.165) is 31.1 Å². The maximum Gasteiger partial charge on any atom is 0.0679 e. The molecule has 0 aliphatic heterocycles. The molecule has 2 N–H and O–H groups in total. The van der Waals surface area contributed by atoms with Crippen molar-refractivity contribution in [1.29, 1.82) is 0 Å². The van der Waals surface area contributed by atoms with Crippen LogP contribution in [-0.4, -0.2) is 14.6 Å². The average Bonchev–Trinajstić information content (AvgIpc) is 2.16. The third-order valence-corrected chi connectivity index (χ3v) is 6.86. The second-order valence-corrected chi connectivity index (χ2v) is 7.98. The Morgan fingerprint density at radius 1 is 0.929 bits per heavy atom. The van der Waals surface area contributed by atoms with Crippen LogP contribution in [-0.2, 0) is 0 Å². The summed E-state index contributed by atoms with van der Waals surface area (Å²) in [5.74, 6) is 0. The fraction of sp³-hybridized carbons (Fsp3) is 0.417. The Balaban J connectivity index is 4.43. The van der Waals surface area contributed by atoms with Gasteiger partial charge in [0, 0.05) is 0 Å². The summed E-state index contributed by atoms with van der Waals surface area (Å²) in [6.45, 7) is 12.2. The highest BCUT2D eigenvalue weighted by Gasteiger charge is 2.27. The second kappa shape index (κ2) is 7.77. The third kappa shape index (κ3) is 4.58. The van der Waals surface area contributed by atoms with Crippen molar-refractivity contribution in [1.82, 2.24) is 0 Å². The Morgan fingerprint density at radius 2 is 1.36 bits per heavy atom. The van der Waals surface area contributed by atoms with Crippen LogP contribution < -0.4 is 5.73 Å². The van der Waals surface area contributed by atoms with Crippen LogP contribution in [0.1, 0.15) is 6.42 Å². The predicted octanol–water partition coefficient (Wildman–Crippen LogP) is 3.09. The maximum absolute atomic E-state index is 5.54. The fourth-order valence-electron chi connectivity index (χ4n) is 1.75. The minimum absolute atomic E-state index is 0.736. The van der Waals surface area contributed by atoms with Crippen LogP contribution in [0.5, 0.6) is 0 Å². The van der Waals surface area contributed by atoms with E-state index in [0.29, 0.717) is 0 Å². The minimum Gasteiger partial charge on any atom is -0.330 e. The number of hydrogen-bond donors (Lipinski definition) is 1. The molecule has 0 spiro atoms. The van der Waals surface area contributed by atoms with Gasteiger partial charge in [-0.3, -0.25) is 0 Å². The van der Waals surface area contributed by atoms with Crippen LogP contribution in [0.4, 0.5) is 0 Å². The molecule has 0 heterocycles. The molecule has 2 heteroatoms. The van der Waals surface area contributed by atoms with Crippen LogP contribution in [0.3, 0.4) is 0 Å². The van der Waals surface area contributed by atoms with E-state index in [1.807, 2.05) is 18.2 Å². The zero-order chi connectivity index (χ0) is 10.9. The molecule has 0 unspecified atom stereocenters. The van der Waals surface area contributed by atoms with E-state index in [2.05, 4.69) is 25.8 Å². The first kappa shape index (κ1) is 13.4. The van der Waals surface area contributed by atoms with Gasteiger partial charge in [-0.05, 0) is 37.1 Å². The van der Waals surface area contributed by atoms with Crippen LogP contribution in [0.25, 0.3) is 0 Å². The van der Waals surface area contributed by atoms with Crippen molar-refractivity contribution in [3.63, 3.8) is 0 Å². The highest BCUT2D eigenvalue weighted by atomic mass is 28.3. The van der Waals surface area contributed by atoms with Gasteiger partial charge >= 0.3 is 0 Å². The highest BCUT2D eigenvalue weighted by Crippen LogP contribution is 2.26. The number of allylic oxidation sites excluding steroid dienone is 3. The molecule has 0 amide bonds. The Bertz CT molecular complexity index is 160. The van der Waals surface area contributed by atoms with Gasteiger partial charge < -0.3 is 5.73 Å². The molecule has 0 aromatic rings. The van der Waals surface area contributed by atoms with Gasteiger partial charge in [0.1, 0.15) is 0 Å². The zero-order valence-corrected chi connectivity index (χ0v) is 10.0. The van der Waals surface area contributed by atoms with Crippen LogP contribution in [0.2, 0.25) is 18.1 Å². The second-order valence-electron chi connectivity index (χ2n) is 3.62. The smallest absolute Gasteiger partial charge is 0.0679 e. The Hall–Kier alpha value is -0.603. The fourth-order valence-corrected chi connectivity index (χ4v) is 5.26. The van der Waals surface area contributed by atoms with E-state index >= 15 is 0 Å². The molecule has 1 radical (unpaired) electrons. The van der Waals surface area contributed by atoms with Gasteiger partial charge in [0.15, 0.2) is 0 Å². The topological polar surface area (TPSA) is 26.0 Å². The first-order valence-corrected chi connectivity index (χ1v) is 7.81. The van der Waals surface area contributed by atoms with Gasteiger partial charge in [-0.1, -0.05) is 18.2 Å². The molecule has 0 aromatic carbocycles. The summed E-state index contributed by atoms with van der Waals surface area (Å²) < 4.78 is 0. The molecule has 0 rings (SSSR count). The molecule has 0 aliphatic carbocycles. The molecule has 14 heavy (non-hydrogen) atoms. The van der Waals surface area contributed by atoms with Gasteiger partial charge in [0.2, 0.25) is 0 Å². The third-order valence-electron chi connectivity index (χ3n) is 2.40. The summed E-state index contributed by atoms with van der Waals surface area (Å²) in [4.78, 5) is 0. The predicted molar refractivity (Wildman–Crippen MR) is 68.7 cm³/mol. The van der Waals surface area contributed by atoms with E-state index in [1.165, 1.54) is 0 Å². The quantitative estimate of drug-likeness (QED) is 0.457. The summed E-state index contributed by atoms with van der Waals surface area (Å²) in [5, 5.41) is 0. The Morgan fingerprint density at radius 3 is 1.64 bits per heavy atom. The van der Waals surface area contributed by atoms with E-state index in [-0.39, 0.29) is 0 Å². The lowest BCUT2D eigenvalue weighted by molar-refractivity contribution is 0.973. The SMILES string of the molecule is C=CC[Si]([CH]CCN)(CC=C)CC=C. The van der Waals surface area contributed by atoms with Crippen molar-refractivity contribution in [3.8, 4) is 0 Å². The van der Waals surface area contributed by atoms with Gasteiger partial charge in [-0.15, -0.1) is 19.7 Å². The van der Waals surface area contributed by atoms with Crippen molar-refractivity contribution in [2.75, 3.05) is 6.54 Å². The molecule has 0 saturated heterocycles. The molecular formula is C12H22NSi. The zero-order valence-electron chi connectivity index (χ0n) is 9.04. The first-order valence-electron chi connectivity index (χ1n) is 5.12. The highest BCUT2D eigenvalue weighted by molar-refractivity contribution is 6.84. The summed E-state index contributed by atoms with van der Waals surface area (Å²) in [6.07, 6.45) is 7.06. The number of rotatable bonds is 9.